The normalized spacial score (nSPS) is 10.4. The van der Waals surface area contributed by atoms with E-state index in [1.54, 1.807) is 7.11 Å². The summed E-state index contributed by atoms with van der Waals surface area (Å²) in [4.78, 5) is 0. The zero-order valence-electron chi connectivity index (χ0n) is 9.73. The molecule has 0 amide bonds. The molecular formula is C15H16O. The van der Waals surface area contributed by atoms with Gasteiger partial charge in [0.1, 0.15) is 0 Å². The van der Waals surface area contributed by atoms with E-state index in [4.69, 9.17) is 4.74 Å². The van der Waals surface area contributed by atoms with Gasteiger partial charge in [0, 0.05) is 7.11 Å². The lowest BCUT2D eigenvalue weighted by atomic mass is 10.0. The molecule has 1 heteroatoms. The van der Waals surface area contributed by atoms with Crippen LogP contribution in [0.4, 0.5) is 0 Å². The lowest BCUT2D eigenvalue weighted by Crippen LogP contribution is -1.87. The van der Waals surface area contributed by atoms with Crippen molar-refractivity contribution in [1.82, 2.24) is 0 Å². The summed E-state index contributed by atoms with van der Waals surface area (Å²) < 4.78 is 5.09. The number of methoxy groups -OCH3 is 1. The van der Waals surface area contributed by atoms with Crippen molar-refractivity contribution in [1.29, 1.82) is 0 Å². The maximum Gasteiger partial charge on any atom is 0.0713 e. The Hall–Kier alpha value is -1.60. The highest BCUT2D eigenvalue weighted by molar-refractivity contribution is 5.64. The minimum absolute atomic E-state index is 0.675. The monoisotopic (exact) mass is 212 g/mol. The van der Waals surface area contributed by atoms with Crippen LogP contribution in [0.2, 0.25) is 0 Å². The summed E-state index contributed by atoms with van der Waals surface area (Å²) in [5, 5.41) is 0. The van der Waals surface area contributed by atoms with Crippen molar-refractivity contribution in [2.75, 3.05) is 7.11 Å². The fourth-order valence-corrected chi connectivity index (χ4v) is 1.78. The molecule has 0 saturated carbocycles. The molecule has 2 aromatic rings. The molecule has 0 aliphatic rings. The molecular weight excluding hydrogens is 196 g/mol. The number of hydrogen-bond acceptors (Lipinski definition) is 1. The lowest BCUT2D eigenvalue weighted by Gasteiger charge is -2.04. The molecule has 0 fully saturated rings. The molecule has 82 valence electrons. The van der Waals surface area contributed by atoms with Crippen molar-refractivity contribution in [3.63, 3.8) is 0 Å². The van der Waals surface area contributed by atoms with E-state index < -0.39 is 0 Å². The average Bonchev–Trinajstić information content (AvgIpc) is 2.30. The molecule has 1 nitrogen and oxygen atoms in total. The van der Waals surface area contributed by atoms with E-state index >= 15 is 0 Å². The van der Waals surface area contributed by atoms with Crippen molar-refractivity contribution in [2.24, 2.45) is 0 Å². The zero-order valence-corrected chi connectivity index (χ0v) is 9.73. The first-order chi connectivity index (χ1) is 7.79. The second-order valence-electron chi connectivity index (χ2n) is 4.00. The first-order valence-corrected chi connectivity index (χ1v) is 5.44. The predicted octanol–water partition coefficient (Wildman–Crippen LogP) is 3.81. The van der Waals surface area contributed by atoms with Gasteiger partial charge in [0.15, 0.2) is 0 Å². The van der Waals surface area contributed by atoms with Gasteiger partial charge in [0.05, 0.1) is 6.61 Å². The molecule has 0 aliphatic heterocycles. The molecule has 2 aromatic carbocycles. The smallest absolute Gasteiger partial charge is 0.0713 e. The van der Waals surface area contributed by atoms with Gasteiger partial charge >= 0.3 is 0 Å². The standard InChI is InChI=1S/C15H16O/c1-12-4-3-5-15(10-12)14-8-6-13(7-9-14)11-16-2/h3-10H,11H2,1-2H3. The van der Waals surface area contributed by atoms with E-state index in [1.165, 1.54) is 22.3 Å². The first kappa shape index (κ1) is 10.9. The minimum Gasteiger partial charge on any atom is -0.380 e. The second kappa shape index (κ2) is 4.95. The van der Waals surface area contributed by atoms with E-state index in [0.717, 1.165) is 0 Å². The number of rotatable bonds is 3. The average molecular weight is 212 g/mol. The van der Waals surface area contributed by atoms with Gasteiger partial charge in [-0.05, 0) is 23.6 Å². The van der Waals surface area contributed by atoms with Gasteiger partial charge < -0.3 is 4.74 Å². The van der Waals surface area contributed by atoms with Crippen molar-refractivity contribution in [3.8, 4) is 11.1 Å². The molecule has 0 bridgehead atoms. The van der Waals surface area contributed by atoms with Crippen LogP contribution in [-0.2, 0) is 11.3 Å². The third-order valence-electron chi connectivity index (χ3n) is 2.62. The molecule has 2 rings (SSSR count). The van der Waals surface area contributed by atoms with Gasteiger partial charge in [-0.1, -0.05) is 54.1 Å². The zero-order chi connectivity index (χ0) is 11.4. The molecule has 0 aromatic heterocycles. The number of ether oxygens (including phenoxy) is 1. The highest BCUT2D eigenvalue weighted by Crippen LogP contribution is 2.20. The second-order valence-corrected chi connectivity index (χ2v) is 4.00. The fourth-order valence-electron chi connectivity index (χ4n) is 1.78. The maximum atomic E-state index is 5.09. The molecule has 0 unspecified atom stereocenters. The Balaban J connectivity index is 2.27. The minimum atomic E-state index is 0.675. The number of aryl methyl sites for hydroxylation is 1. The van der Waals surface area contributed by atoms with Crippen LogP contribution >= 0.6 is 0 Å². The van der Waals surface area contributed by atoms with Crippen LogP contribution in [0, 0.1) is 6.92 Å². The summed E-state index contributed by atoms with van der Waals surface area (Å²) in [5.41, 5.74) is 5.02. The molecule has 0 heterocycles. The maximum absolute atomic E-state index is 5.09. The van der Waals surface area contributed by atoms with Crippen molar-refractivity contribution >= 4 is 0 Å². The van der Waals surface area contributed by atoms with Crippen molar-refractivity contribution < 1.29 is 4.74 Å². The van der Waals surface area contributed by atoms with Crippen LogP contribution in [-0.4, -0.2) is 7.11 Å². The van der Waals surface area contributed by atoms with Gasteiger partial charge in [-0.25, -0.2) is 0 Å². The van der Waals surface area contributed by atoms with Crippen molar-refractivity contribution in [2.45, 2.75) is 13.5 Å². The molecule has 0 radical (unpaired) electrons. The third-order valence-corrected chi connectivity index (χ3v) is 2.62. The molecule has 0 N–H and O–H groups in total. The Morgan fingerprint density at radius 2 is 1.69 bits per heavy atom. The highest BCUT2D eigenvalue weighted by Gasteiger charge is 1.98. The Bertz CT molecular complexity index is 457. The third kappa shape index (κ3) is 2.50. The lowest BCUT2D eigenvalue weighted by molar-refractivity contribution is 0.185. The quantitative estimate of drug-likeness (QED) is 0.751. The molecule has 16 heavy (non-hydrogen) atoms. The van der Waals surface area contributed by atoms with E-state index in [0.29, 0.717) is 6.61 Å². The Morgan fingerprint density at radius 1 is 0.938 bits per heavy atom. The van der Waals surface area contributed by atoms with Gasteiger partial charge in [0.2, 0.25) is 0 Å². The fraction of sp³-hybridized carbons (Fsp3) is 0.200. The van der Waals surface area contributed by atoms with Crippen LogP contribution in [0.15, 0.2) is 48.5 Å². The van der Waals surface area contributed by atoms with Gasteiger partial charge in [-0.2, -0.15) is 0 Å². The van der Waals surface area contributed by atoms with E-state index in [2.05, 4.69) is 55.5 Å². The van der Waals surface area contributed by atoms with Crippen LogP contribution in [0.1, 0.15) is 11.1 Å². The largest absolute Gasteiger partial charge is 0.380 e. The number of hydrogen-bond donors (Lipinski definition) is 0. The topological polar surface area (TPSA) is 9.23 Å². The van der Waals surface area contributed by atoms with Crippen LogP contribution in [0.5, 0.6) is 0 Å². The van der Waals surface area contributed by atoms with E-state index in [-0.39, 0.29) is 0 Å². The Labute approximate surface area is 96.7 Å². The van der Waals surface area contributed by atoms with Gasteiger partial charge in [0.25, 0.3) is 0 Å². The highest BCUT2D eigenvalue weighted by atomic mass is 16.5. The van der Waals surface area contributed by atoms with Crippen LogP contribution < -0.4 is 0 Å². The SMILES string of the molecule is COCc1ccc(-c2cccc(C)c2)cc1. The molecule has 0 aliphatic carbocycles. The van der Waals surface area contributed by atoms with E-state index in [9.17, 15) is 0 Å². The summed E-state index contributed by atoms with van der Waals surface area (Å²) in [7, 11) is 1.72. The summed E-state index contributed by atoms with van der Waals surface area (Å²) in [5.74, 6) is 0. The molecule has 0 spiro atoms. The Morgan fingerprint density at radius 3 is 2.31 bits per heavy atom. The van der Waals surface area contributed by atoms with Crippen molar-refractivity contribution in [3.05, 3.63) is 59.7 Å². The van der Waals surface area contributed by atoms with Gasteiger partial charge in [-0.3, -0.25) is 0 Å². The number of benzene rings is 2. The Kier molecular flexibility index (Phi) is 3.37. The predicted molar refractivity (Wildman–Crippen MR) is 67.3 cm³/mol. The summed E-state index contributed by atoms with van der Waals surface area (Å²) >= 11 is 0. The van der Waals surface area contributed by atoms with E-state index in [1.807, 2.05) is 0 Å². The van der Waals surface area contributed by atoms with Crippen LogP contribution in [0.3, 0.4) is 0 Å². The summed E-state index contributed by atoms with van der Waals surface area (Å²) in [6, 6.07) is 17.1. The molecule has 0 saturated heterocycles. The summed E-state index contributed by atoms with van der Waals surface area (Å²) in [6.07, 6.45) is 0. The summed E-state index contributed by atoms with van der Waals surface area (Å²) in [6.45, 7) is 2.79. The van der Waals surface area contributed by atoms with Crippen LogP contribution in [0.25, 0.3) is 11.1 Å². The van der Waals surface area contributed by atoms with Gasteiger partial charge in [-0.15, -0.1) is 0 Å². The molecule has 0 atom stereocenters. The first-order valence-electron chi connectivity index (χ1n) is 5.44.